The van der Waals surface area contributed by atoms with Crippen LogP contribution >= 0.6 is 0 Å². The molecule has 0 heterocycles. The molecule has 3 nitrogen and oxygen atoms in total. The van der Waals surface area contributed by atoms with Gasteiger partial charge in [0.1, 0.15) is 5.75 Å². The molecule has 1 unspecified atom stereocenters. The molecule has 0 radical (unpaired) electrons. The van der Waals surface area contributed by atoms with E-state index < -0.39 is 0 Å². The van der Waals surface area contributed by atoms with E-state index in [1.54, 1.807) is 6.07 Å². The lowest BCUT2D eigenvalue weighted by molar-refractivity contribution is 0.173. The number of phenolic OH excluding ortho intramolecular Hbond substituents is 1. The molecule has 1 aromatic rings. The Kier molecular flexibility index (Phi) is 5.63. The van der Waals surface area contributed by atoms with Crippen molar-refractivity contribution in [2.24, 2.45) is 0 Å². The van der Waals surface area contributed by atoms with Crippen LogP contribution in [0, 0.1) is 6.92 Å². The van der Waals surface area contributed by atoms with Gasteiger partial charge in [0.15, 0.2) is 0 Å². The van der Waals surface area contributed by atoms with E-state index in [1.807, 2.05) is 6.07 Å². The van der Waals surface area contributed by atoms with Gasteiger partial charge >= 0.3 is 0 Å². The second kappa shape index (κ2) is 6.76. The maximum absolute atomic E-state index is 9.91. The summed E-state index contributed by atoms with van der Waals surface area (Å²) in [6.07, 6.45) is 0. The average Bonchev–Trinajstić information content (AvgIpc) is 2.29. The fraction of sp³-hybridized carbons (Fsp3) is 0.600. The Morgan fingerprint density at radius 2 is 1.94 bits per heavy atom. The third-order valence-corrected chi connectivity index (χ3v) is 3.27. The molecular weight excluding hydrogens is 224 g/mol. The SMILES string of the molecule is CCN(Cc1cc(C)ccc1O)C(C)CN(C)C. The monoisotopic (exact) mass is 250 g/mol. The lowest BCUT2D eigenvalue weighted by atomic mass is 10.1. The third kappa shape index (κ3) is 4.31. The summed E-state index contributed by atoms with van der Waals surface area (Å²) < 4.78 is 0. The standard InChI is InChI=1S/C15H26N2O/c1-6-17(13(3)10-16(4)5)11-14-9-12(2)7-8-15(14)18/h7-9,13,18H,6,10-11H2,1-5H3. The van der Waals surface area contributed by atoms with Crippen LogP contribution in [-0.2, 0) is 6.54 Å². The molecule has 0 bridgehead atoms. The second-order valence-corrected chi connectivity index (χ2v) is 5.31. The second-order valence-electron chi connectivity index (χ2n) is 5.31. The number of likely N-dealkylation sites (N-methyl/N-ethyl adjacent to an activating group) is 2. The number of aromatic hydroxyl groups is 1. The molecule has 3 heteroatoms. The summed E-state index contributed by atoms with van der Waals surface area (Å²) in [5.74, 6) is 0.399. The first-order chi connectivity index (χ1) is 8.43. The van der Waals surface area contributed by atoms with Crippen molar-refractivity contribution in [3.8, 4) is 5.75 Å². The van der Waals surface area contributed by atoms with Crippen LogP contribution in [0.3, 0.4) is 0 Å². The Balaban J connectivity index is 2.76. The van der Waals surface area contributed by atoms with Crippen molar-refractivity contribution in [1.29, 1.82) is 0 Å². The van der Waals surface area contributed by atoms with E-state index in [9.17, 15) is 5.11 Å². The highest BCUT2D eigenvalue weighted by Crippen LogP contribution is 2.21. The summed E-state index contributed by atoms with van der Waals surface area (Å²) in [6, 6.07) is 6.28. The number of nitrogens with zero attached hydrogens (tertiary/aromatic N) is 2. The fourth-order valence-corrected chi connectivity index (χ4v) is 2.28. The number of hydrogen-bond donors (Lipinski definition) is 1. The van der Waals surface area contributed by atoms with E-state index in [4.69, 9.17) is 0 Å². The van der Waals surface area contributed by atoms with E-state index in [1.165, 1.54) is 5.56 Å². The molecule has 1 aromatic carbocycles. The van der Waals surface area contributed by atoms with Crippen molar-refractivity contribution in [2.45, 2.75) is 33.4 Å². The summed E-state index contributed by atoms with van der Waals surface area (Å²) in [5.41, 5.74) is 2.21. The minimum absolute atomic E-state index is 0.399. The molecule has 0 aliphatic carbocycles. The lowest BCUT2D eigenvalue weighted by Crippen LogP contribution is -2.39. The zero-order chi connectivity index (χ0) is 13.7. The van der Waals surface area contributed by atoms with Crippen LogP contribution in [0.5, 0.6) is 5.75 Å². The van der Waals surface area contributed by atoms with E-state index in [0.717, 1.165) is 25.2 Å². The zero-order valence-corrected chi connectivity index (χ0v) is 12.3. The quantitative estimate of drug-likeness (QED) is 0.840. The van der Waals surface area contributed by atoms with Crippen LogP contribution in [-0.4, -0.2) is 48.1 Å². The van der Waals surface area contributed by atoms with Gasteiger partial charge in [0.2, 0.25) is 0 Å². The maximum atomic E-state index is 9.91. The molecule has 0 aliphatic rings. The van der Waals surface area contributed by atoms with Crippen molar-refractivity contribution < 1.29 is 5.11 Å². The fourth-order valence-electron chi connectivity index (χ4n) is 2.28. The van der Waals surface area contributed by atoms with Gasteiger partial charge in [0.25, 0.3) is 0 Å². The molecule has 1 rings (SSSR count). The van der Waals surface area contributed by atoms with Crippen molar-refractivity contribution >= 4 is 0 Å². The molecule has 0 aliphatic heterocycles. The van der Waals surface area contributed by atoms with E-state index >= 15 is 0 Å². The van der Waals surface area contributed by atoms with Crippen molar-refractivity contribution in [1.82, 2.24) is 9.80 Å². The number of rotatable bonds is 6. The molecule has 0 saturated heterocycles. The molecular formula is C15H26N2O. The van der Waals surface area contributed by atoms with Crippen LogP contribution in [0.1, 0.15) is 25.0 Å². The van der Waals surface area contributed by atoms with E-state index in [0.29, 0.717) is 11.8 Å². The molecule has 0 saturated carbocycles. The number of aryl methyl sites for hydroxylation is 1. The van der Waals surface area contributed by atoms with Gasteiger partial charge in [0.05, 0.1) is 0 Å². The van der Waals surface area contributed by atoms with Crippen LogP contribution in [0.2, 0.25) is 0 Å². The van der Waals surface area contributed by atoms with Gasteiger partial charge in [-0.25, -0.2) is 0 Å². The largest absolute Gasteiger partial charge is 0.508 e. The highest BCUT2D eigenvalue weighted by Gasteiger charge is 2.14. The number of hydrogen-bond acceptors (Lipinski definition) is 3. The Morgan fingerprint density at radius 1 is 1.28 bits per heavy atom. The Morgan fingerprint density at radius 3 is 2.50 bits per heavy atom. The Hall–Kier alpha value is -1.06. The van der Waals surface area contributed by atoms with Crippen LogP contribution < -0.4 is 0 Å². The van der Waals surface area contributed by atoms with Crippen LogP contribution in [0.15, 0.2) is 18.2 Å². The van der Waals surface area contributed by atoms with Gasteiger partial charge in [-0.2, -0.15) is 0 Å². The lowest BCUT2D eigenvalue weighted by Gasteiger charge is -2.30. The minimum Gasteiger partial charge on any atom is -0.508 e. The molecule has 0 amide bonds. The first kappa shape index (κ1) is 15.0. The maximum Gasteiger partial charge on any atom is 0.120 e. The molecule has 1 N–H and O–H groups in total. The zero-order valence-electron chi connectivity index (χ0n) is 12.3. The normalized spacial score (nSPS) is 13.3. The van der Waals surface area contributed by atoms with Gasteiger partial charge in [-0.3, -0.25) is 4.90 Å². The Bertz CT molecular complexity index is 377. The number of benzene rings is 1. The van der Waals surface area contributed by atoms with Gasteiger partial charge in [-0.15, -0.1) is 0 Å². The molecule has 0 fully saturated rings. The van der Waals surface area contributed by atoms with Gasteiger partial charge in [-0.05, 0) is 40.6 Å². The predicted molar refractivity (Wildman–Crippen MR) is 76.9 cm³/mol. The summed E-state index contributed by atoms with van der Waals surface area (Å²) >= 11 is 0. The van der Waals surface area contributed by atoms with E-state index in [2.05, 4.69) is 50.7 Å². The average molecular weight is 250 g/mol. The van der Waals surface area contributed by atoms with Crippen molar-refractivity contribution in [2.75, 3.05) is 27.2 Å². The van der Waals surface area contributed by atoms with Crippen molar-refractivity contribution in [3.05, 3.63) is 29.3 Å². The summed E-state index contributed by atoms with van der Waals surface area (Å²) in [5, 5.41) is 9.91. The van der Waals surface area contributed by atoms with E-state index in [-0.39, 0.29) is 0 Å². The predicted octanol–water partition coefficient (Wildman–Crippen LogP) is 2.47. The van der Waals surface area contributed by atoms with Crippen LogP contribution in [0.4, 0.5) is 0 Å². The Labute approximate surface area is 111 Å². The van der Waals surface area contributed by atoms with Crippen LogP contribution in [0.25, 0.3) is 0 Å². The molecule has 18 heavy (non-hydrogen) atoms. The highest BCUT2D eigenvalue weighted by molar-refractivity contribution is 5.35. The summed E-state index contributed by atoms with van der Waals surface area (Å²) in [7, 11) is 4.18. The topological polar surface area (TPSA) is 26.7 Å². The first-order valence-electron chi connectivity index (χ1n) is 6.61. The minimum atomic E-state index is 0.399. The first-order valence-corrected chi connectivity index (χ1v) is 6.61. The summed E-state index contributed by atoms with van der Waals surface area (Å²) in [6.45, 7) is 9.28. The molecule has 102 valence electrons. The molecule has 0 aromatic heterocycles. The van der Waals surface area contributed by atoms with Crippen molar-refractivity contribution in [3.63, 3.8) is 0 Å². The highest BCUT2D eigenvalue weighted by atomic mass is 16.3. The molecule has 1 atom stereocenters. The molecule has 0 spiro atoms. The number of phenols is 1. The van der Waals surface area contributed by atoms with Gasteiger partial charge in [0, 0.05) is 24.7 Å². The van der Waals surface area contributed by atoms with Gasteiger partial charge < -0.3 is 10.0 Å². The van der Waals surface area contributed by atoms with Gasteiger partial charge in [-0.1, -0.05) is 24.6 Å². The third-order valence-electron chi connectivity index (χ3n) is 3.27. The smallest absolute Gasteiger partial charge is 0.120 e. The summed E-state index contributed by atoms with van der Waals surface area (Å²) in [4.78, 5) is 4.58.